The van der Waals surface area contributed by atoms with Crippen molar-refractivity contribution in [3.63, 3.8) is 0 Å². The van der Waals surface area contributed by atoms with Crippen LogP contribution in [0.4, 0.5) is 15.3 Å². The predicted molar refractivity (Wildman–Crippen MR) is 128 cm³/mol. The number of urea groups is 1. The van der Waals surface area contributed by atoms with Crippen LogP contribution in [0, 0.1) is 0 Å². The maximum atomic E-state index is 13.0. The highest BCUT2D eigenvalue weighted by Crippen LogP contribution is 2.49. The van der Waals surface area contributed by atoms with Gasteiger partial charge in [-0.15, -0.1) is 0 Å². The molecule has 0 bridgehead atoms. The zero-order chi connectivity index (χ0) is 23.2. The quantitative estimate of drug-likeness (QED) is 0.429. The maximum Gasteiger partial charge on any atom is 0.435 e. The monoisotopic (exact) mass is 532 g/mol. The second-order valence-electron chi connectivity index (χ2n) is 8.32. The molecule has 1 fully saturated rings. The van der Waals surface area contributed by atoms with E-state index in [1.165, 1.54) is 10.9 Å². The van der Waals surface area contributed by atoms with Crippen LogP contribution < -0.4 is 15.4 Å². The summed E-state index contributed by atoms with van der Waals surface area (Å²) in [6.07, 6.45) is 4.67. The fourth-order valence-corrected chi connectivity index (χ4v) is 5.10. The lowest BCUT2D eigenvalue weighted by molar-refractivity contribution is -0.0354. The van der Waals surface area contributed by atoms with Gasteiger partial charge in [-0.25, -0.2) is 9.59 Å². The molecule has 1 aromatic heterocycles. The van der Waals surface area contributed by atoms with Crippen molar-refractivity contribution in [1.82, 2.24) is 15.1 Å². The van der Waals surface area contributed by atoms with Crippen molar-refractivity contribution in [3.8, 4) is 5.75 Å². The minimum atomic E-state index is -0.579. The topological polar surface area (TPSA) is 94.5 Å². The van der Waals surface area contributed by atoms with Crippen molar-refractivity contribution in [3.05, 3.63) is 51.6 Å². The number of fused-ring (bicyclic) bond motifs is 2. The van der Waals surface area contributed by atoms with E-state index in [0.717, 1.165) is 30.6 Å². The van der Waals surface area contributed by atoms with Gasteiger partial charge in [0.25, 0.3) is 0 Å². The van der Waals surface area contributed by atoms with Crippen molar-refractivity contribution < 1.29 is 19.1 Å². The van der Waals surface area contributed by atoms with Gasteiger partial charge in [-0.2, -0.15) is 9.78 Å². The number of nitrogens with one attached hydrogen (secondary N) is 2. The Morgan fingerprint density at radius 2 is 2.15 bits per heavy atom. The molecular weight excluding hydrogens is 512 g/mol. The maximum absolute atomic E-state index is 13.0. The molecule has 2 aliphatic rings. The summed E-state index contributed by atoms with van der Waals surface area (Å²) in [6, 6.07) is 8.46. The number of nitrogens with zero attached hydrogens (tertiary/aromatic N) is 2. The first-order chi connectivity index (χ1) is 15.9. The molecule has 0 saturated heterocycles. The van der Waals surface area contributed by atoms with E-state index >= 15 is 0 Å². The third-order valence-electron chi connectivity index (χ3n) is 6.17. The Labute approximate surface area is 203 Å². The third-order valence-corrected chi connectivity index (χ3v) is 6.86. The van der Waals surface area contributed by atoms with Crippen LogP contribution in [0.5, 0.6) is 5.75 Å². The Bertz CT molecular complexity index is 1260. The van der Waals surface area contributed by atoms with Gasteiger partial charge in [0.15, 0.2) is 0 Å². The molecule has 2 amide bonds. The van der Waals surface area contributed by atoms with Crippen LogP contribution in [0.1, 0.15) is 44.2 Å². The van der Waals surface area contributed by atoms with Gasteiger partial charge in [0.2, 0.25) is 0 Å². The molecule has 2 aromatic carbocycles. The molecule has 1 aliphatic heterocycles. The van der Waals surface area contributed by atoms with E-state index in [1.807, 2.05) is 12.1 Å². The molecule has 3 aromatic rings. The standard InChI is InChI=1S/C23H22BrClN4O4/c1-2-32-22(31)29-19-9-13(24)8-17(16(19)12-26-29)27-21(30)28-18-11-23(6-3-7-23)33-20-10-14(25)4-5-15(18)20/h4-5,8-10,12,18H,2-3,6-7,11H2,1H3,(H2,27,28,30). The Hall–Kier alpha value is -2.78. The minimum Gasteiger partial charge on any atom is -0.487 e. The van der Waals surface area contributed by atoms with E-state index in [0.29, 0.717) is 32.5 Å². The molecule has 8 nitrogen and oxygen atoms in total. The van der Waals surface area contributed by atoms with Crippen LogP contribution >= 0.6 is 27.5 Å². The summed E-state index contributed by atoms with van der Waals surface area (Å²) in [5, 5.41) is 11.4. The van der Waals surface area contributed by atoms with E-state index in [9.17, 15) is 9.59 Å². The number of benzene rings is 2. The van der Waals surface area contributed by atoms with E-state index in [-0.39, 0.29) is 24.3 Å². The number of anilines is 1. The van der Waals surface area contributed by atoms with Gasteiger partial charge in [0, 0.05) is 26.9 Å². The van der Waals surface area contributed by atoms with Gasteiger partial charge < -0.3 is 20.1 Å². The second-order valence-corrected chi connectivity index (χ2v) is 9.67. The first-order valence-corrected chi connectivity index (χ1v) is 11.9. The van der Waals surface area contributed by atoms with Crippen molar-refractivity contribution in [2.75, 3.05) is 11.9 Å². The van der Waals surface area contributed by atoms with E-state index in [4.69, 9.17) is 21.1 Å². The van der Waals surface area contributed by atoms with Gasteiger partial charge in [-0.05, 0) is 50.5 Å². The number of carbonyl (C=O) groups excluding carboxylic acids is 2. The molecule has 1 spiro atoms. The van der Waals surface area contributed by atoms with Gasteiger partial charge in [-0.3, -0.25) is 0 Å². The summed E-state index contributed by atoms with van der Waals surface area (Å²) in [7, 11) is 0. The molecule has 1 unspecified atom stereocenters. The Morgan fingerprint density at radius 3 is 2.88 bits per heavy atom. The number of hydrogen-bond acceptors (Lipinski definition) is 5. The molecule has 33 heavy (non-hydrogen) atoms. The highest BCUT2D eigenvalue weighted by Gasteiger charge is 2.46. The molecule has 172 valence electrons. The summed E-state index contributed by atoms with van der Waals surface area (Å²) in [5.74, 6) is 0.722. The number of hydrogen-bond donors (Lipinski definition) is 2. The molecule has 2 N–H and O–H groups in total. The average molecular weight is 534 g/mol. The summed E-state index contributed by atoms with van der Waals surface area (Å²) < 4.78 is 13.2. The predicted octanol–water partition coefficient (Wildman–Crippen LogP) is 6.02. The highest BCUT2D eigenvalue weighted by molar-refractivity contribution is 9.10. The largest absolute Gasteiger partial charge is 0.487 e. The van der Waals surface area contributed by atoms with Crippen LogP contribution in [0.15, 0.2) is 41.0 Å². The molecular formula is C23H22BrClN4O4. The zero-order valence-corrected chi connectivity index (χ0v) is 20.2. The second kappa shape index (κ2) is 8.53. The number of amides is 2. The van der Waals surface area contributed by atoms with E-state index in [1.54, 1.807) is 25.1 Å². The molecule has 1 saturated carbocycles. The Morgan fingerprint density at radius 1 is 1.33 bits per heavy atom. The van der Waals surface area contributed by atoms with E-state index < -0.39 is 6.09 Å². The number of carbonyl (C=O) groups is 2. The first kappa shape index (κ1) is 22.0. The van der Waals surface area contributed by atoms with Gasteiger partial charge in [-0.1, -0.05) is 33.6 Å². The number of ether oxygens (including phenoxy) is 2. The summed E-state index contributed by atoms with van der Waals surface area (Å²) in [5.41, 5.74) is 1.70. The number of halogens is 2. The van der Waals surface area contributed by atoms with Crippen molar-refractivity contribution in [2.45, 2.75) is 44.2 Å². The molecule has 10 heteroatoms. The van der Waals surface area contributed by atoms with Crippen LogP contribution in [0.3, 0.4) is 0 Å². The number of rotatable bonds is 3. The highest BCUT2D eigenvalue weighted by atomic mass is 79.9. The smallest absolute Gasteiger partial charge is 0.435 e. The normalized spacial score (nSPS) is 18.2. The summed E-state index contributed by atoms with van der Waals surface area (Å²) in [4.78, 5) is 25.3. The molecule has 2 heterocycles. The average Bonchev–Trinajstić information content (AvgIpc) is 3.16. The van der Waals surface area contributed by atoms with Crippen LogP contribution in [-0.2, 0) is 4.74 Å². The molecule has 1 aliphatic carbocycles. The summed E-state index contributed by atoms with van der Waals surface area (Å²) in [6.45, 7) is 1.97. The first-order valence-electron chi connectivity index (χ1n) is 10.8. The molecule has 1 atom stereocenters. The Balaban J connectivity index is 1.40. The van der Waals surface area contributed by atoms with E-state index in [2.05, 4.69) is 31.7 Å². The third kappa shape index (κ3) is 4.15. The van der Waals surface area contributed by atoms with Gasteiger partial charge >= 0.3 is 12.1 Å². The lowest BCUT2D eigenvalue weighted by Crippen LogP contribution is -2.50. The van der Waals surface area contributed by atoms with Crippen molar-refractivity contribution in [1.29, 1.82) is 0 Å². The van der Waals surface area contributed by atoms with Crippen molar-refractivity contribution in [2.24, 2.45) is 0 Å². The summed E-state index contributed by atoms with van der Waals surface area (Å²) >= 11 is 9.63. The van der Waals surface area contributed by atoms with Crippen LogP contribution in [0.25, 0.3) is 10.9 Å². The lowest BCUT2D eigenvalue weighted by Gasteiger charge is -2.48. The fraction of sp³-hybridized carbons (Fsp3) is 0.348. The van der Waals surface area contributed by atoms with Gasteiger partial charge in [0.05, 0.1) is 30.0 Å². The molecule has 0 radical (unpaired) electrons. The zero-order valence-electron chi connectivity index (χ0n) is 17.9. The van der Waals surface area contributed by atoms with Crippen LogP contribution in [-0.4, -0.2) is 34.1 Å². The minimum absolute atomic E-state index is 0.212. The SMILES string of the molecule is CCOC(=O)n1ncc2c(NC(=O)NC3CC4(CCC4)Oc4cc(Cl)ccc43)cc(Br)cc21. The number of aromatic nitrogens is 2. The molecule has 5 rings (SSSR count). The van der Waals surface area contributed by atoms with Gasteiger partial charge in [0.1, 0.15) is 11.4 Å². The van der Waals surface area contributed by atoms with Crippen LogP contribution in [0.2, 0.25) is 5.02 Å². The fourth-order valence-electron chi connectivity index (χ4n) is 4.49. The van der Waals surface area contributed by atoms with Crippen molar-refractivity contribution >= 4 is 56.2 Å². The lowest BCUT2D eigenvalue weighted by atomic mass is 9.73. The Kier molecular flexibility index (Phi) is 5.70.